The molecule has 0 atom stereocenters. The summed E-state index contributed by atoms with van der Waals surface area (Å²) in [5.41, 5.74) is 1.89. The third-order valence-electron chi connectivity index (χ3n) is 3.84. The third kappa shape index (κ3) is 3.79. The molecule has 120 valence electrons. The van der Waals surface area contributed by atoms with Gasteiger partial charge in [0.15, 0.2) is 0 Å². The van der Waals surface area contributed by atoms with Crippen LogP contribution in [-0.2, 0) is 0 Å². The number of benzene rings is 1. The van der Waals surface area contributed by atoms with Gasteiger partial charge in [0, 0.05) is 18.8 Å². The summed E-state index contributed by atoms with van der Waals surface area (Å²) < 4.78 is 0. The lowest BCUT2D eigenvalue weighted by atomic mass is 10.1. The zero-order valence-corrected chi connectivity index (χ0v) is 13.8. The number of nitrogens with zero attached hydrogens (tertiary/aromatic N) is 3. The molecule has 1 aromatic carbocycles. The minimum atomic E-state index is -0.0302. The number of para-hydroxylation sites is 1. The molecule has 1 fully saturated rings. The van der Waals surface area contributed by atoms with Crippen LogP contribution in [0.4, 0.5) is 11.6 Å². The smallest absolute Gasteiger partial charge is 0.272 e. The van der Waals surface area contributed by atoms with E-state index >= 15 is 0 Å². The van der Waals surface area contributed by atoms with Gasteiger partial charge in [0.1, 0.15) is 5.69 Å². The normalized spacial score (nSPS) is 14.6. The van der Waals surface area contributed by atoms with E-state index in [1.54, 1.807) is 12.1 Å². The Bertz CT molecular complexity index is 713. The predicted octanol–water partition coefficient (Wildman–Crippen LogP) is 3.81. The van der Waals surface area contributed by atoms with E-state index in [4.69, 9.17) is 11.6 Å². The van der Waals surface area contributed by atoms with Crippen LogP contribution in [0.15, 0.2) is 30.3 Å². The predicted molar refractivity (Wildman–Crippen MR) is 91.3 cm³/mol. The number of anilines is 2. The maximum Gasteiger partial charge on any atom is 0.272 e. The van der Waals surface area contributed by atoms with Crippen LogP contribution in [0.3, 0.4) is 0 Å². The summed E-state index contributed by atoms with van der Waals surface area (Å²) in [6, 6.07) is 9.11. The third-order valence-corrected chi connectivity index (χ3v) is 4.17. The van der Waals surface area contributed by atoms with Crippen LogP contribution in [0.2, 0.25) is 5.02 Å². The first-order valence-corrected chi connectivity index (χ1v) is 8.18. The van der Waals surface area contributed by atoms with Gasteiger partial charge in [0.25, 0.3) is 5.91 Å². The van der Waals surface area contributed by atoms with Crippen LogP contribution in [0.1, 0.15) is 35.4 Å². The highest BCUT2D eigenvalue weighted by atomic mass is 35.5. The molecule has 0 saturated carbocycles. The Morgan fingerprint density at radius 1 is 1.17 bits per heavy atom. The summed E-state index contributed by atoms with van der Waals surface area (Å²) in [7, 11) is 0. The fourth-order valence-corrected chi connectivity index (χ4v) is 2.86. The van der Waals surface area contributed by atoms with Crippen LogP contribution in [0.25, 0.3) is 0 Å². The van der Waals surface area contributed by atoms with Gasteiger partial charge in [0.2, 0.25) is 5.95 Å². The van der Waals surface area contributed by atoms with E-state index in [1.165, 1.54) is 6.42 Å². The van der Waals surface area contributed by atoms with Crippen molar-refractivity contribution < 1.29 is 4.79 Å². The molecule has 1 saturated heterocycles. The van der Waals surface area contributed by atoms with Gasteiger partial charge < -0.3 is 10.2 Å². The molecule has 5 nitrogen and oxygen atoms in total. The summed E-state index contributed by atoms with van der Waals surface area (Å²) in [4.78, 5) is 23.2. The molecule has 0 radical (unpaired) electrons. The second-order valence-electron chi connectivity index (χ2n) is 5.68. The van der Waals surface area contributed by atoms with Gasteiger partial charge in [-0.1, -0.05) is 23.7 Å². The molecule has 0 unspecified atom stereocenters. The van der Waals surface area contributed by atoms with E-state index in [0.29, 0.717) is 16.7 Å². The van der Waals surface area contributed by atoms with E-state index in [0.717, 1.165) is 37.3 Å². The topological polar surface area (TPSA) is 58.1 Å². The second kappa shape index (κ2) is 6.96. The number of aromatic nitrogens is 2. The Hall–Kier alpha value is -2.14. The van der Waals surface area contributed by atoms with Gasteiger partial charge in [-0.2, -0.15) is 0 Å². The standard InChI is InChI=1S/C17H19ClN4O/c1-12-11-15(16(23)22-9-5-2-6-10-22)21-17(19-12)20-14-8-4-3-7-13(14)18/h3-4,7-8,11H,2,5-6,9-10H2,1H3,(H,19,20,21). The molecular weight excluding hydrogens is 312 g/mol. The SMILES string of the molecule is Cc1cc(C(=O)N2CCCCC2)nc(Nc2ccccc2Cl)n1. The van der Waals surface area contributed by atoms with Crippen LogP contribution >= 0.6 is 11.6 Å². The summed E-state index contributed by atoms with van der Waals surface area (Å²) in [5, 5.41) is 3.67. The molecule has 2 aromatic rings. The minimum Gasteiger partial charge on any atom is -0.337 e. The Morgan fingerprint density at radius 2 is 1.91 bits per heavy atom. The number of likely N-dealkylation sites (tertiary alicyclic amines) is 1. The van der Waals surface area contributed by atoms with E-state index in [2.05, 4.69) is 15.3 Å². The van der Waals surface area contributed by atoms with E-state index in [-0.39, 0.29) is 5.91 Å². The Kier molecular flexibility index (Phi) is 4.76. The first-order valence-electron chi connectivity index (χ1n) is 7.80. The Balaban J connectivity index is 1.84. The molecule has 1 aromatic heterocycles. The summed E-state index contributed by atoms with van der Waals surface area (Å²) in [6.45, 7) is 3.46. The fraction of sp³-hybridized carbons (Fsp3) is 0.353. The quantitative estimate of drug-likeness (QED) is 0.929. The van der Waals surface area contributed by atoms with Gasteiger partial charge in [-0.15, -0.1) is 0 Å². The molecule has 0 spiro atoms. The van der Waals surface area contributed by atoms with Crippen LogP contribution < -0.4 is 5.32 Å². The van der Waals surface area contributed by atoms with Gasteiger partial charge in [-0.05, 0) is 44.4 Å². The molecule has 1 aliphatic rings. The molecule has 0 bridgehead atoms. The highest BCUT2D eigenvalue weighted by Gasteiger charge is 2.20. The maximum absolute atomic E-state index is 12.6. The number of halogens is 1. The van der Waals surface area contributed by atoms with Crippen molar-refractivity contribution in [2.45, 2.75) is 26.2 Å². The average molecular weight is 331 g/mol. The fourth-order valence-electron chi connectivity index (χ4n) is 2.68. The van der Waals surface area contributed by atoms with Crippen molar-refractivity contribution in [3.63, 3.8) is 0 Å². The first kappa shape index (κ1) is 15.7. The number of nitrogens with one attached hydrogen (secondary N) is 1. The number of amides is 1. The second-order valence-corrected chi connectivity index (χ2v) is 6.08. The maximum atomic E-state index is 12.6. The van der Waals surface area contributed by atoms with Crippen molar-refractivity contribution in [3.8, 4) is 0 Å². The monoisotopic (exact) mass is 330 g/mol. The van der Waals surface area contributed by atoms with E-state index in [1.807, 2.05) is 30.0 Å². The van der Waals surface area contributed by atoms with Crippen molar-refractivity contribution in [3.05, 3.63) is 46.7 Å². The van der Waals surface area contributed by atoms with Crippen LogP contribution in [0.5, 0.6) is 0 Å². The number of hydrogen-bond acceptors (Lipinski definition) is 4. The lowest BCUT2D eigenvalue weighted by Crippen LogP contribution is -2.36. The van der Waals surface area contributed by atoms with Gasteiger partial charge in [0.05, 0.1) is 10.7 Å². The Labute approximate surface area is 140 Å². The number of rotatable bonds is 3. The molecule has 3 rings (SSSR count). The lowest BCUT2D eigenvalue weighted by molar-refractivity contribution is 0.0718. The van der Waals surface area contributed by atoms with E-state index < -0.39 is 0 Å². The van der Waals surface area contributed by atoms with Gasteiger partial charge in [-0.25, -0.2) is 9.97 Å². The zero-order chi connectivity index (χ0) is 16.2. The van der Waals surface area contributed by atoms with E-state index in [9.17, 15) is 4.79 Å². The highest BCUT2D eigenvalue weighted by molar-refractivity contribution is 6.33. The molecule has 1 amide bonds. The lowest BCUT2D eigenvalue weighted by Gasteiger charge is -2.26. The van der Waals surface area contributed by atoms with Crippen LogP contribution in [0, 0.1) is 6.92 Å². The number of piperidine rings is 1. The largest absolute Gasteiger partial charge is 0.337 e. The number of aryl methyl sites for hydroxylation is 1. The first-order chi connectivity index (χ1) is 11.1. The summed E-state index contributed by atoms with van der Waals surface area (Å²) in [5.74, 6) is 0.357. The molecule has 0 aliphatic carbocycles. The zero-order valence-electron chi connectivity index (χ0n) is 13.1. The van der Waals surface area contributed by atoms with Gasteiger partial charge in [-0.3, -0.25) is 4.79 Å². The molecule has 2 heterocycles. The van der Waals surface area contributed by atoms with Crippen molar-refractivity contribution in [2.75, 3.05) is 18.4 Å². The molecule has 1 aliphatic heterocycles. The number of hydrogen-bond donors (Lipinski definition) is 1. The minimum absolute atomic E-state index is 0.0302. The number of carbonyl (C=O) groups excluding carboxylic acids is 1. The van der Waals surface area contributed by atoms with Crippen molar-refractivity contribution in [1.29, 1.82) is 0 Å². The molecule has 23 heavy (non-hydrogen) atoms. The molecule has 6 heteroatoms. The molecular formula is C17H19ClN4O. The van der Waals surface area contributed by atoms with Crippen molar-refractivity contribution >= 4 is 29.1 Å². The van der Waals surface area contributed by atoms with Crippen LogP contribution in [-0.4, -0.2) is 33.9 Å². The summed E-state index contributed by atoms with van der Waals surface area (Å²) in [6.07, 6.45) is 3.30. The summed E-state index contributed by atoms with van der Waals surface area (Å²) >= 11 is 6.14. The van der Waals surface area contributed by atoms with Gasteiger partial charge >= 0.3 is 0 Å². The number of carbonyl (C=O) groups is 1. The Morgan fingerprint density at radius 3 is 2.65 bits per heavy atom. The van der Waals surface area contributed by atoms with Crippen molar-refractivity contribution in [1.82, 2.24) is 14.9 Å². The average Bonchev–Trinajstić information content (AvgIpc) is 2.56. The van der Waals surface area contributed by atoms with Crippen molar-refractivity contribution in [2.24, 2.45) is 0 Å². The molecule has 1 N–H and O–H groups in total. The highest BCUT2D eigenvalue weighted by Crippen LogP contribution is 2.23.